The summed E-state index contributed by atoms with van der Waals surface area (Å²) >= 11 is 8.11. The number of nitrogens with one attached hydrogen (secondary N) is 2. The van der Waals surface area contributed by atoms with Crippen LogP contribution in [0.1, 0.15) is 0 Å². The first kappa shape index (κ1) is 19.3. The molecule has 0 unspecified atom stereocenters. The summed E-state index contributed by atoms with van der Waals surface area (Å²) in [6.45, 7) is 0. The van der Waals surface area contributed by atoms with Crippen molar-refractivity contribution in [1.29, 1.82) is 0 Å². The molecule has 2 aromatic heterocycles. The van der Waals surface area contributed by atoms with Crippen LogP contribution in [0.2, 0.25) is 0 Å². The fourth-order valence-corrected chi connectivity index (χ4v) is 3.18. The molecule has 9 heteroatoms. The van der Waals surface area contributed by atoms with Gasteiger partial charge in [0, 0.05) is 9.40 Å². The molecule has 122 valence electrons. The molecule has 0 aliphatic carbocycles. The van der Waals surface area contributed by atoms with Gasteiger partial charge >= 0.3 is 49.9 Å². The third-order valence-corrected chi connectivity index (χ3v) is 4.29. The van der Waals surface area contributed by atoms with E-state index in [2.05, 4.69) is 48.7 Å². The van der Waals surface area contributed by atoms with Gasteiger partial charge in [0.2, 0.25) is 0 Å². The summed E-state index contributed by atoms with van der Waals surface area (Å²) in [5, 5.41) is 0.780. The number of benzene rings is 2. The van der Waals surface area contributed by atoms with E-state index in [9.17, 15) is 0 Å². The molecular weight excluding hydrogens is 737 g/mol. The van der Waals surface area contributed by atoms with E-state index < -0.39 is 0 Å². The molecule has 4 aromatic rings. The fourth-order valence-electron chi connectivity index (χ4n) is 1.74. The Morgan fingerprint density at radius 3 is 1.43 bits per heavy atom. The van der Waals surface area contributed by atoms with Crippen molar-refractivity contribution in [3.63, 3.8) is 0 Å². The van der Waals surface area contributed by atoms with Gasteiger partial charge in [-0.25, -0.2) is 0 Å². The van der Waals surface area contributed by atoms with Crippen molar-refractivity contribution >= 4 is 92.1 Å². The fraction of sp³-hybridized carbons (Fsp3) is 0. The molecule has 0 spiro atoms. The molecule has 0 aliphatic rings. The Morgan fingerprint density at radius 1 is 0.739 bits per heavy atom. The van der Waals surface area contributed by atoms with E-state index in [1.165, 1.54) is 22.7 Å². The van der Waals surface area contributed by atoms with Gasteiger partial charge in [0.05, 0.1) is 0 Å². The second kappa shape index (κ2) is 10.1. The molecule has 2 aromatic carbocycles. The van der Waals surface area contributed by atoms with E-state index in [0.717, 1.165) is 20.4 Å². The molecule has 0 bridgehead atoms. The van der Waals surface area contributed by atoms with Crippen LogP contribution in [0.4, 0.5) is 10.3 Å². The average Bonchev–Trinajstić information content (AvgIpc) is 3.08. The number of halogens is 2. The number of hydrogen-bond acceptors (Lipinski definition) is 4. The summed E-state index contributed by atoms with van der Waals surface area (Å²) in [4.78, 5) is 8.00. The topological polar surface area (TPSA) is 73.4 Å². The Morgan fingerprint density at radius 2 is 1.09 bits per heavy atom. The van der Waals surface area contributed by atoms with E-state index in [0.29, 0.717) is 21.5 Å². The summed E-state index contributed by atoms with van der Waals surface area (Å²) in [5.74, 6) is 0. The van der Waals surface area contributed by atoms with E-state index in [1.807, 2.05) is 48.5 Å². The number of thiazole rings is 2. The number of fused-ring (bicyclic) bond motifs is 2. The SMILES string of the molecule is [I][Pt+2][I].[NH-]c1nc2ccccc2s1.[NH-]c1nc2ccccc2s1. The van der Waals surface area contributed by atoms with Gasteiger partial charge in [-0.2, -0.15) is 0 Å². The van der Waals surface area contributed by atoms with Gasteiger partial charge in [-0.1, -0.05) is 36.4 Å². The zero-order valence-corrected chi connectivity index (χ0v) is 19.6. The second-order valence-corrected chi connectivity index (χ2v) is 22.7. The van der Waals surface area contributed by atoms with Gasteiger partial charge in [-0.15, -0.1) is 22.7 Å². The van der Waals surface area contributed by atoms with Crippen LogP contribution in [-0.2, 0) is 11.2 Å². The minimum Gasteiger partial charge on any atom is -0.473 e. The van der Waals surface area contributed by atoms with Crippen LogP contribution in [0.25, 0.3) is 31.9 Å². The minimum absolute atomic E-state index is 0.390. The van der Waals surface area contributed by atoms with Gasteiger partial charge in [0.1, 0.15) is 0 Å². The summed E-state index contributed by atoms with van der Waals surface area (Å²) in [6, 6.07) is 15.6. The second-order valence-electron chi connectivity index (χ2n) is 4.02. The molecule has 23 heavy (non-hydrogen) atoms. The van der Waals surface area contributed by atoms with Gasteiger partial charge in [-0.05, 0) is 33.4 Å². The number of aromatic nitrogens is 2. The van der Waals surface area contributed by atoms with Gasteiger partial charge in [0.25, 0.3) is 0 Å². The number of hydrogen-bond donors (Lipinski definition) is 0. The number of para-hydroxylation sites is 2. The van der Waals surface area contributed by atoms with Crippen LogP contribution in [0, 0.1) is 0 Å². The van der Waals surface area contributed by atoms with E-state index >= 15 is 0 Å². The van der Waals surface area contributed by atoms with Crippen molar-refractivity contribution in [3.8, 4) is 0 Å². The minimum atomic E-state index is 0.390. The molecule has 4 nitrogen and oxygen atoms in total. The van der Waals surface area contributed by atoms with Crippen LogP contribution in [0.15, 0.2) is 48.5 Å². The third kappa shape index (κ3) is 6.08. The van der Waals surface area contributed by atoms with Crippen molar-refractivity contribution in [2.24, 2.45) is 0 Å². The molecular formula is C14H10I2N4PtS2. The van der Waals surface area contributed by atoms with Crippen molar-refractivity contribution in [1.82, 2.24) is 9.97 Å². The summed E-state index contributed by atoms with van der Waals surface area (Å²) in [5.41, 5.74) is 16.3. The molecule has 0 atom stereocenters. The molecule has 2 N–H and O–H groups in total. The zero-order chi connectivity index (χ0) is 16.7. The van der Waals surface area contributed by atoms with E-state index in [1.54, 1.807) is 0 Å². The third-order valence-electron chi connectivity index (χ3n) is 2.59. The normalized spacial score (nSPS) is 10.0. The van der Waals surface area contributed by atoms with E-state index in [4.69, 9.17) is 11.5 Å². The maximum Gasteiger partial charge on any atom is 0.0300 e. The summed E-state index contributed by atoms with van der Waals surface area (Å²) in [7, 11) is 0. The maximum atomic E-state index is 7.23. The van der Waals surface area contributed by atoms with E-state index in [-0.39, 0.29) is 0 Å². The standard InChI is InChI=1S/2C7H5N2S.2HI.Pt/c2*8-7-9-5-3-1-2-4-6(5)10-7;;;/h2*1-4H,(H-,8,9);2*1H;/q2*-1;;;+4/p-2. The van der Waals surface area contributed by atoms with Crippen LogP contribution in [0.3, 0.4) is 0 Å². The Balaban J connectivity index is 0.000000143. The summed E-state index contributed by atoms with van der Waals surface area (Å²) < 4.78 is 2.18. The largest absolute Gasteiger partial charge is 0.473 e. The first-order valence-electron chi connectivity index (χ1n) is 6.10. The molecule has 2 heterocycles. The Hall–Kier alpha value is -0.0317. The number of rotatable bonds is 0. The maximum absolute atomic E-state index is 7.23. The molecule has 0 aliphatic heterocycles. The van der Waals surface area contributed by atoms with Crippen molar-refractivity contribution in [2.45, 2.75) is 0 Å². The Kier molecular flexibility index (Phi) is 8.45. The van der Waals surface area contributed by atoms with Crippen LogP contribution in [0.5, 0.6) is 0 Å². The Bertz CT molecular complexity index is 743. The Labute approximate surface area is 171 Å². The smallest absolute Gasteiger partial charge is 0.0300 e. The van der Waals surface area contributed by atoms with Gasteiger partial charge in [-0.3, -0.25) is 0 Å². The molecule has 4 rings (SSSR count). The quantitative estimate of drug-likeness (QED) is 0.173. The average molecular weight is 747 g/mol. The predicted molar refractivity (Wildman–Crippen MR) is 115 cm³/mol. The van der Waals surface area contributed by atoms with Crippen LogP contribution >= 0.6 is 61.4 Å². The number of nitrogens with zero attached hydrogens (tertiary/aromatic N) is 2. The van der Waals surface area contributed by atoms with Gasteiger partial charge < -0.3 is 21.4 Å². The molecule has 0 amide bonds. The first-order valence-corrected chi connectivity index (χ1v) is 20.6. The predicted octanol–water partition coefficient (Wildman–Crippen LogP) is 7.73. The van der Waals surface area contributed by atoms with Crippen molar-refractivity contribution < 1.29 is 11.2 Å². The van der Waals surface area contributed by atoms with Gasteiger partial charge in [0.15, 0.2) is 0 Å². The molecule has 0 radical (unpaired) electrons. The first-order chi connectivity index (χ1) is 11.1. The molecule has 0 fully saturated rings. The summed E-state index contributed by atoms with van der Waals surface area (Å²) in [6.07, 6.45) is 0. The van der Waals surface area contributed by atoms with Crippen molar-refractivity contribution in [2.75, 3.05) is 0 Å². The zero-order valence-electron chi connectivity index (χ0n) is 11.4. The van der Waals surface area contributed by atoms with Crippen LogP contribution < -0.4 is 0 Å². The van der Waals surface area contributed by atoms with Crippen molar-refractivity contribution in [3.05, 3.63) is 60.0 Å². The monoisotopic (exact) mass is 747 g/mol. The molecule has 0 saturated carbocycles. The van der Waals surface area contributed by atoms with Crippen LogP contribution in [-0.4, -0.2) is 9.97 Å². The molecule has 0 saturated heterocycles.